The van der Waals surface area contributed by atoms with Gasteiger partial charge in [0, 0.05) is 15.7 Å². The third-order valence-corrected chi connectivity index (χ3v) is 9.32. The summed E-state index contributed by atoms with van der Waals surface area (Å²) in [5.74, 6) is 0.326. The maximum atomic E-state index is 12.4. The highest BCUT2D eigenvalue weighted by atomic mass is 79.9. The summed E-state index contributed by atoms with van der Waals surface area (Å²) in [5, 5.41) is 0. The van der Waals surface area contributed by atoms with Crippen molar-refractivity contribution in [1.29, 1.82) is 0 Å². The molecule has 0 aromatic carbocycles. The molecule has 2 bridgehead atoms. The van der Waals surface area contributed by atoms with E-state index in [1.807, 2.05) is 0 Å². The number of halogens is 4. The Morgan fingerprint density at radius 3 is 2.13 bits per heavy atom. The molecule has 0 saturated heterocycles. The second-order valence-electron chi connectivity index (χ2n) is 5.02. The van der Waals surface area contributed by atoms with Gasteiger partial charge in [0.15, 0.2) is 5.78 Å². The van der Waals surface area contributed by atoms with Crippen molar-refractivity contribution in [2.24, 2.45) is 10.8 Å². The van der Waals surface area contributed by atoms with Gasteiger partial charge in [0.05, 0.1) is 8.06 Å². The molecule has 2 aliphatic rings. The molecule has 0 aromatic heterocycles. The number of rotatable bonds is 1. The number of alkyl halides is 4. The van der Waals surface area contributed by atoms with Gasteiger partial charge in [0.25, 0.3) is 0 Å². The van der Waals surface area contributed by atoms with Crippen molar-refractivity contribution in [1.82, 2.24) is 0 Å². The van der Waals surface area contributed by atoms with Crippen molar-refractivity contribution in [2.45, 2.75) is 39.6 Å². The third kappa shape index (κ3) is 1.27. The van der Waals surface area contributed by atoms with Crippen LogP contribution in [0.4, 0.5) is 0 Å². The van der Waals surface area contributed by atoms with Crippen LogP contribution in [0, 0.1) is 10.8 Å². The topological polar surface area (TPSA) is 17.1 Å². The molecule has 15 heavy (non-hydrogen) atoms. The van der Waals surface area contributed by atoms with Gasteiger partial charge in [0.1, 0.15) is 0 Å². The summed E-state index contributed by atoms with van der Waals surface area (Å²) < 4.78 is -0.209. The normalized spacial score (nSPS) is 47.9. The van der Waals surface area contributed by atoms with Crippen LogP contribution in [0.15, 0.2) is 0 Å². The van der Waals surface area contributed by atoms with Crippen LogP contribution < -0.4 is 0 Å². The van der Waals surface area contributed by atoms with E-state index in [4.69, 9.17) is 0 Å². The standard InChI is InChI=1S/C10H12Br4O/c1-8(2)6(15)10(14)4-3-9(8,5(10)11)7(12)13/h5,7H,3-4H2,1-2H3/t5-,9?,10?/m1/s1. The second kappa shape index (κ2) is 3.55. The average molecular weight is 468 g/mol. The molecule has 0 heterocycles. The zero-order valence-corrected chi connectivity index (χ0v) is 14.8. The summed E-state index contributed by atoms with van der Waals surface area (Å²) in [6.07, 6.45) is 1.97. The van der Waals surface area contributed by atoms with E-state index < -0.39 is 0 Å². The van der Waals surface area contributed by atoms with E-state index in [1.165, 1.54) is 0 Å². The fourth-order valence-corrected chi connectivity index (χ4v) is 8.58. The molecule has 2 aliphatic carbocycles. The Morgan fingerprint density at radius 1 is 1.33 bits per heavy atom. The lowest BCUT2D eigenvalue weighted by molar-refractivity contribution is -0.131. The van der Waals surface area contributed by atoms with E-state index >= 15 is 0 Å². The van der Waals surface area contributed by atoms with Gasteiger partial charge in [-0.05, 0) is 12.8 Å². The molecule has 2 fully saturated rings. The number of carbonyl (C=O) groups excluding carboxylic acids is 1. The molecule has 2 saturated carbocycles. The molecule has 3 atom stereocenters. The minimum Gasteiger partial charge on any atom is -0.297 e. The molecule has 2 rings (SSSR count). The zero-order valence-electron chi connectivity index (χ0n) is 8.49. The van der Waals surface area contributed by atoms with Gasteiger partial charge in [-0.15, -0.1) is 0 Å². The minimum absolute atomic E-state index is 0.0480. The van der Waals surface area contributed by atoms with Crippen LogP contribution in [0.1, 0.15) is 26.7 Å². The van der Waals surface area contributed by atoms with Crippen LogP contribution in [0.2, 0.25) is 0 Å². The fraction of sp³-hybridized carbons (Fsp3) is 0.900. The quantitative estimate of drug-likeness (QED) is 0.523. The smallest absolute Gasteiger partial charge is 0.156 e. The number of hydrogen-bond acceptors (Lipinski definition) is 1. The summed E-state index contributed by atoms with van der Waals surface area (Å²) in [5.41, 5.74) is -0.353. The molecular formula is C10H12Br4O. The van der Waals surface area contributed by atoms with Crippen molar-refractivity contribution in [3.8, 4) is 0 Å². The van der Waals surface area contributed by atoms with Gasteiger partial charge in [-0.1, -0.05) is 77.6 Å². The van der Waals surface area contributed by atoms with Crippen molar-refractivity contribution < 1.29 is 4.79 Å². The summed E-state index contributed by atoms with van der Waals surface area (Å²) >= 11 is 14.6. The Kier molecular flexibility index (Phi) is 3.08. The Morgan fingerprint density at radius 2 is 1.87 bits per heavy atom. The summed E-state index contributed by atoms with van der Waals surface area (Å²) in [7, 11) is 0. The summed E-state index contributed by atoms with van der Waals surface area (Å²) in [6, 6.07) is 0. The lowest BCUT2D eigenvalue weighted by Crippen LogP contribution is -2.45. The number of ketones is 1. The molecular weight excluding hydrogens is 456 g/mol. The van der Waals surface area contributed by atoms with Gasteiger partial charge in [-0.25, -0.2) is 0 Å². The third-order valence-electron chi connectivity index (χ3n) is 4.25. The van der Waals surface area contributed by atoms with E-state index in [-0.39, 0.29) is 23.7 Å². The molecule has 0 N–H and O–H groups in total. The molecule has 1 nitrogen and oxygen atoms in total. The highest BCUT2D eigenvalue weighted by molar-refractivity contribution is 9.24. The van der Waals surface area contributed by atoms with E-state index in [0.29, 0.717) is 5.78 Å². The molecule has 0 amide bonds. The zero-order chi connectivity index (χ0) is 11.6. The molecule has 0 aromatic rings. The molecule has 0 radical (unpaired) electrons. The van der Waals surface area contributed by atoms with Crippen molar-refractivity contribution >= 4 is 69.5 Å². The number of fused-ring (bicyclic) bond motifs is 2. The Balaban J connectivity index is 2.61. The SMILES string of the molecule is CC1(C)C(=O)C2(Br)CCC1(C(Br)Br)[C@H]2Br. The first-order valence-electron chi connectivity index (χ1n) is 4.87. The van der Waals surface area contributed by atoms with Gasteiger partial charge in [-0.2, -0.15) is 0 Å². The largest absolute Gasteiger partial charge is 0.297 e. The molecule has 0 spiro atoms. The average Bonchev–Trinajstić information content (AvgIpc) is 2.45. The molecule has 2 unspecified atom stereocenters. The van der Waals surface area contributed by atoms with Gasteiger partial charge in [0.2, 0.25) is 0 Å². The van der Waals surface area contributed by atoms with Crippen molar-refractivity contribution in [2.75, 3.05) is 0 Å². The van der Waals surface area contributed by atoms with Gasteiger partial charge >= 0.3 is 0 Å². The van der Waals surface area contributed by atoms with E-state index in [2.05, 4.69) is 77.6 Å². The maximum absolute atomic E-state index is 12.4. The first-order chi connectivity index (χ1) is 6.71. The molecule has 0 aliphatic heterocycles. The van der Waals surface area contributed by atoms with E-state index in [9.17, 15) is 4.79 Å². The molecule has 86 valence electrons. The summed E-state index contributed by atoms with van der Waals surface area (Å²) in [4.78, 5) is 12.6. The lowest BCUT2D eigenvalue weighted by atomic mass is 9.65. The first kappa shape index (κ1) is 13.0. The number of hydrogen-bond donors (Lipinski definition) is 0. The van der Waals surface area contributed by atoms with Gasteiger partial charge in [-0.3, -0.25) is 4.79 Å². The van der Waals surface area contributed by atoms with Crippen LogP contribution >= 0.6 is 63.7 Å². The van der Waals surface area contributed by atoms with Crippen molar-refractivity contribution in [3.63, 3.8) is 0 Å². The highest BCUT2D eigenvalue weighted by Crippen LogP contribution is 2.72. The van der Waals surface area contributed by atoms with Gasteiger partial charge < -0.3 is 0 Å². The Bertz CT molecular complexity index is 327. The van der Waals surface area contributed by atoms with Crippen LogP contribution in [0.5, 0.6) is 0 Å². The lowest BCUT2D eigenvalue weighted by Gasteiger charge is -2.43. The van der Waals surface area contributed by atoms with E-state index in [0.717, 1.165) is 12.8 Å². The predicted molar refractivity (Wildman–Crippen MR) is 76.5 cm³/mol. The van der Waals surface area contributed by atoms with Crippen LogP contribution in [-0.4, -0.2) is 18.7 Å². The minimum atomic E-state index is -0.365. The number of carbonyl (C=O) groups is 1. The monoisotopic (exact) mass is 464 g/mol. The second-order valence-corrected chi connectivity index (χ2v) is 10.4. The predicted octanol–water partition coefficient (Wildman–Crippen LogP) is 4.39. The summed E-state index contributed by atoms with van der Waals surface area (Å²) in [6.45, 7) is 4.11. The first-order valence-corrected chi connectivity index (χ1v) is 8.41. The Labute approximate surface area is 124 Å². The van der Waals surface area contributed by atoms with Crippen LogP contribution in [-0.2, 0) is 4.79 Å². The number of Topliss-reactive ketones (excluding diaryl/α,β-unsaturated/α-hetero) is 1. The van der Waals surface area contributed by atoms with Crippen molar-refractivity contribution in [3.05, 3.63) is 0 Å². The van der Waals surface area contributed by atoms with Crippen LogP contribution in [0.25, 0.3) is 0 Å². The van der Waals surface area contributed by atoms with E-state index in [1.54, 1.807) is 0 Å². The Hall–Kier alpha value is 1.59. The maximum Gasteiger partial charge on any atom is 0.156 e. The van der Waals surface area contributed by atoms with Crippen LogP contribution in [0.3, 0.4) is 0 Å². The molecule has 5 heteroatoms. The highest BCUT2D eigenvalue weighted by Gasteiger charge is 2.75. The fourth-order valence-electron chi connectivity index (χ4n) is 3.13.